The van der Waals surface area contributed by atoms with E-state index < -0.39 is 0 Å². The minimum absolute atomic E-state index is 0.125. The van der Waals surface area contributed by atoms with Crippen molar-refractivity contribution in [3.8, 4) is 0 Å². The van der Waals surface area contributed by atoms with E-state index >= 15 is 0 Å². The van der Waals surface area contributed by atoms with Crippen molar-refractivity contribution in [2.75, 3.05) is 6.61 Å². The van der Waals surface area contributed by atoms with E-state index in [-0.39, 0.29) is 22.2 Å². The Bertz CT molecular complexity index is 232. The summed E-state index contributed by atoms with van der Waals surface area (Å²) in [6.07, 6.45) is 0.980. The molecule has 0 saturated heterocycles. The molecule has 1 atom stereocenters. The summed E-state index contributed by atoms with van der Waals surface area (Å²) in [5.74, 6) is 0. The van der Waals surface area contributed by atoms with Gasteiger partial charge in [-0.15, -0.1) is 0 Å². The Morgan fingerprint density at radius 2 is 1.11 bits per heavy atom. The van der Waals surface area contributed by atoms with E-state index in [1.54, 1.807) is 0 Å². The van der Waals surface area contributed by atoms with E-state index in [2.05, 4.69) is 69.2 Å². The molecule has 0 spiro atoms. The maximum Gasteiger partial charge on any atom is 0.0899 e. The molecule has 0 aromatic heterocycles. The average Bonchev–Trinajstić information content (AvgIpc) is 1.91. The van der Waals surface area contributed by atoms with Gasteiger partial charge in [0.1, 0.15) is 0 Å². The van der Waals surface area contributed by atoms with Crippen molar-refractivity contribution in [3.63, 3.8) is 0 Å². The van der Waals surface area contributed by atoms with Crippen molar-refractivity contribution in [2.45, 2.75) is 92.5 Å². The Morgan fingerprint density at radius 1 is 0.667 bits per heavy atom. The van der Waals surface area contributed by atoms with E-state index in [0.717, 1.165) is 6.42 Å². The lowest BCUT2D eigenvalue weighted by Gasteiger charge is -2.41. The SMILES string of the molecule is CC(C)(C)CC(C)(COC(C)(C)C)OC(C)(C)C. The lowest BCUT2D eigenvalue weighted by atomic mass is 9.82. The summed E-state index contributed by atoms with van der Waals surface area (Å²) in [6, 6.07) is 0. The number of hydrogen-bond acceptors (Lipinski definition) is 2. The monoisotopic (exact) mass is 258 g/mol. The van der Waals surface area contributed by atoms with Crippen LogP contribution in [-0.4, -0.2) is 23.4 Å². The van der Waals surface area contributed by atoms with Gasteiger partial charge >= 0.3 is 0 Å². The van der Waals surface area contributed by atoms with Crippen LogP contribution in [0.3, 0.4) is 0 Å². The maximum absolute atomic E-state index is 6.27. The summed E-state index contributed by atoms with van der Waals surface area (Å²) in [7, 11) is 0. The normalized spacial score (nSPS) is 17.7. The topological polar surface area (TPSA) is 18.5 Å². The largest absolute Gasteiger partial charge is 0.373 e. The Hall–Kier alpha value is -0.0800. The number of ether oxygens (including phenoxy) is 2. The molecule has 0 aromatic rings. The van der Waals surface area contributed by atoms with Crippen LogP contribution in [0.15, 0.2) is 0 Å². The van der Waals surface area contributed by atoms with Gasteiger partial charge in [-0.05, 0) is 60.3 Å². The molecule has 0 radical (unpaired) electrons. The smallest absolute Gasteiger partial charge is 0.0899 e. The molecule has 110 valence electrons. The number of hydrogen-bond donors (Lipinski definition) is 0. The van der Waals surface area contributed by atoms with Crippen molar-refractivity contribution in [1.29, 1.82) is 0 Å². The van der Waals surface area contributed by atoms with Crippen molar-refractivity contribution in [3.05, 3.63) is 0 Å². The summed E-state index contributed by atoms with van der Waals surface area (Å²) in [6.45, 7) is 22.1. The van der Waals surface area contributed by atoms with Gasteiger partial charge in [-0.1, -0.05) is 20.8 Å². The van der Waals surface area contributed by atoms with Gasteiger partial charge in [-0.25, -0.2) is 0 Å². The van der Waals surface area contributed by atoms with Gasteiger partial charge in [0.25, 0.3) is 0 Å². The highest BCUT2D eigenvalue weighted by Crippen LogP contribution is 2.34. The summed E-state index contributed by atoms with van der Waals surface area (Å²) < 4.78 is 12.2. The molecular formula is C16H34O2. The third kappa shape index (κ3) is 9.90. The van der Waals surface area contributed by atoms with Crippen molar-refractivity contribution in [1.82, 2.24) is 0 Å². The fourth-order valence-corrected chi connectivity index (χ4v) is 2.35. The second kappa shape index (κ2) is 5.50. The molecule has 0 aliphatic carbocycles. The molecule has 0 N–H and O–H groups in total. The minimum Gasteiger partial charge on any atom is -0.373 e. The molecule has 0 bridgehead atoms. The molecule has 2 heteroatoms. The first-order valence-corrected chi connectivity index (χ1v) is 6.96. The Balaban J connectivity index is 4.81. The van der Waals surface area contributed by atoms with Crippen LogP contribution in [0.5, 0.6) is 0 Å². The lowest BCUT2D eigenvalue weighted by molar-refractivity contribution is -0.184. The van der Waals surface area contributed by atoms with E-state index in [9.17, 15) is 0 Å². The highest BCUT2D eigenvalue weighted by Gasteiger charge is 2.36. The zero-order valence-electron chi connectivity index (χ0n) is 14.2. The van der Waals surface area contributed by atoms with Gasteiger partial charge in [0, 0.05) is 0 Å². The van der Waals surface area contributed by atoms with Crippen molar-refractivity contribution in [2.24, 2.45) is 5.41 Å². The molecule has 0 aliphatic heterocycles. The predicted molar refractivity (Wildman–Crippen MR) is 79.0 cm³/mol. The van der Waals surface area contributed by atoms with Gasteiger partial charge in [-0.2, -0.15) is 0 Å². The molecule has 0 amide bonds. The van der Waals surface area contributed by atoms with Crippen molar-refractivity contribution >= 4 is 0 Å². The third-order valence-corrected chi connectivity index (χ3v) is 2.27. The van der Waals surface area contributed by atoms with Gasteiger partial charge in [-0.3, -0.25) is 0 Å². The molecule has 0 rings (SSSR count). The standard InChI is InChI=1S/C16H34O2/c1-13(2,3)11-16(10,18-15(7,8)9)12-17-14(4,5)6/h11-12H2,1-10H3. The van der Waals surface area contributed by atoms with Crippen LogP contribution >= 0.6 is 0 Å². The van der Waals surface area contributed by atoms with Crippen LogP contribution in [0, 0.1) is 5.41 Å². The van der Waals surface area contributed by atoms with Crippen LogP contribution in [0.25, 0.3) is 0 Å². The van der Waals surface area contributed by atoms with Crippen LogP contribution in [0.4, 0.5) is 0 Å². The van der Waals surface area contributed by atoms with Crippen LogP contribution < -0.4 is 0 Å². The zero-order valence-corrected chi connectivity index (χ0v) is 14.2. The molecule has 0 aromatic carbocycles. The summed E-state index contributed by atoms with van der Waals surface area (Å²) in [5, 5.41) is 0. The predicted octanol–water partition coefficient (Wildman–Crippen LogP) is 4.81. The number of rotatable bonds is 4. The van der Waals surface area contributed by atoms with Crippen molar-refractivity contribution < 1.29 is 9.47 Å². The van der Waals surface area contributed by atoms with Crippen LogP contribution in [0.1, 0.15) is 75.7 Å². The maximum atomic E-state index is 6.27. The molecule has 0 aliphatic rings. The molecule has 0 fully saturated rings. The quantitative estimate of drug-likeness (QED) is 0.720. The van der Waals surface area contributed by atoms with E-state index in [1.807, 2.05) is 0 Å². The Labute approximate surface area is 114 Å². The summed E-state index contributed by atoms with van der Waals surface area (Å²) in [5.41, 5.74) is -0.299. The first-order valence-electron chi connectivity index (χ1n) is 6.96. The summed E-state index contributed by atoms with van der Waals surface area (Å²) >= 11 is 0. The Kier molecular flexibility index (Phi) is 5.48. The molecular weight excluding hydrogens is 224 g/mol. The minimum atomic E-state index is -0.246. The molecule has 0 heterocycles. The van der Waals surface area contributed by atoms with Gasteiger partial charge in [0.2, 0.25) is 0 Å². The van der Waals surface area contributed by atoms with E-state index in [1.165, 1.54) is 0 Å². The highest BCUT2D eigenvalue weighted by atomic mass is 16.6. The van der Waals surface area contributed by atoms with Crippen LogP contribution in [0.2, 0.25) is 0 Å². The zero-order chi connectivity index (χ0) is 14.8. The fraction of sp³-hybridized carbons (Fsp3) is 1.00. The second-order valence-corrected chi connectivity index (χ2v) is 8.80. The first-order chi connectivity index (χ1) is 7.62. The molecule has 0 saturated carbocycles. The van der Waals surface area contributed by atoms with E-state index in [4.69, 9.17) is 9.47 Å². The van der Waals surface area contributed by atoms with Crippen LogP contribution in [-0.2, 0) is 9.47 Å². The highest BCUT2D eigenvalue weighted by molar-refractivity contribution is 4.85. The average molecular weight is 258 g/mol. The molecule has 18 heavy (non-hydrogen) atoms. The summed E-state index contributed by atoms with van der Waals surface area (Å²) in [4.78, 5) is 0. The fourth-order valence-electron chi connectivity index (χ4n) is 2.35. The second-order valence-electron chi connectivity index (χ2n) is 8.80. The Morgan fingerprint density at radius 3 is 1.39 bits per heavy atom. The van der Waals surface area contributed by atoms with Gasteiger partial charge < -0.3 is 9.47 Å². The third-order valence-electron chi connectivity index (χ3n) is 2.27. The lowest BCUT2D eigenvalue weighted by Crippen LogP contribution is -2.45. The van der Waals surface area contributed by atoms with Gasteiger partial charge in [0.15, 0.2) is 0 Å². The van der Waals surface area contributed by atoms with E-state index in [0.29, 0.717) is 6.61 Å². The molecule has 1 unspecified atom stereocenters. The van der Waals surface area contributed by atoms with Gasteiger partial charge in [0.05, 0.1) is 23.4 Å². The first kappa shape index (κ1) is 17.9. The molecule has 2 nitrogen and oxygen atoms in total.